The van der Waals surface area contributed by atoms with Crippen LogP contribution in [0.1, 0.15) is 33.1 Å². The third-order valence-corrected chi connectivity index (χ3v) is 4.25. The van der Waals surface area contributed by atoms with Crippen molar-refractivity contribution in [1.29, 1.82) is 0 Å². The zero-order chi connectivity index (χ0) is 16.3. The minimum atomic E-state index is -0.530. The number of nitro groups is 1. The molecule has 1 fully saturated rings. The summed E-state index contributed by atoms with van der Waals surface area (Å²) < 4.78 is 5.44. The molecule has 0 aliphatic carbocycles. The summed E-state index contributed by atoms with van der Waals surface area (Å²) >= 11 is 5.95. The molecule has 0 aromatic heterocycles. The van der Waals surface area contributed by atoms with Gasteiger partial charge in [0.05, 0.1) is 9.95 Å². The molecule has 1 heterocycles. The zero-order valence-corrected chi connectivity index (χ0v) is 13.4. The molecule has 0 unspecified atom stereocenters. The van der Waals surface area contributed by atoms with E-state index in [0.29, 0.717) is 0 Å². The topological polar surface area (TPSA) is 72.7 Å². The minimum absolute atomic E-state index is 0.0888. The number of ether oxygens (including phenoxy) is 1. The number of halogens is 1. The van der Waals surface area contributed by atoms with Gasteiger partial charge in [-0.15, -0.1) is 0 Å². The maximum absolute atomic E-state index is 12.3. The lowest BCUT2D eigenvalue weighted by atomic mass is 9.97. The van der Waals surface area contributed by atoms with Crippen LogP contribution in [0.4, 0.5) is 5.69 Å². The number of nitrogens with zero attached hydrogens (tertiary/aromatic N) is 2. The first-order valence-corrected chi connectivity index (χ1v) is 7.66. The standard InChI is InChI=1S/C15H19ClN2O4/c1-10-4-3-5-11(2)17(10)15(19)9-22-14-7-6-12(18(20)21)8-13(14)16/h6-8,10-11H,3-5,9H2,1-2H3/t10-,11+. The van der Waals surface area contributed by atoms with E-state index in [4.69, 9.17) is 16.3 Å². The second-order valence-corrected chi connectivity index (χ2v) is 6.00. The van der Waals surface area contributed by atoms with E-state index in [2.05, 4.69) is 0 Å². The van der Waals surface area contributed by atoms with Crippen LogP contribution in [-0.4, -0.2) is 34.4 Å². The molecule has 0 saturated carbocycles. The van der Waals surface area contributed by atoms with Crippen molar-refractivity contribution in [3.05, 3.63) is 33.3 Å². The first kappa shape index (κ1) is 16.5. The highest BCUT2D eigenvalue weighted by molar-refractivity contribution is 6.32. The molecule has 6 nitrogen and oxygen atoms in total. The average molecular weight is 327 g/mol. The summed E-state index contributed by atoms with van der Waals surface area (Å²) in [6, 6.07) is 4.33. The van der Waals surface area contributed by atoms with E-state index in [1.807, 2.05) is 18.7 Å². The molecule has 1 aliphatic heterocycles. The maximum Gasteiger partial charge on any atom is 0.271 e. The lowest BCUT2D eigenvalue weighted by molar-refractivity contribution is -0.384. The van der Waals surface area contributed by atoms with Crippen molar-refractivity contribution < 1.29 is 14.5 Å². The Morgan fingerprint density at radius 1 is 1.41 bits per heavy atom. The molecule has 7 heteroatoms. The molecule has 1 aliphatic rings. The fourth-order valence-corrected chi connectivity index (χ4v) is 3.08. The number of likely N-dealkylation sites (tertiary alicyclic amines) is 1. The number of rotatable bonds is 4. The van der Waals surface area contributed by atoms with E-state index in [1.54, 1.807) is 0 Å². The first-order valence-electron chi connectivity index (χ1n) is 7.28. The molecule has 1 amide bonds. The van der Waals surface area contributed by atoms with Gasteiger partial charge in [-0.1, -0.05) is 11.6 Å². The lowest BCUT2D eigenvalue weighted by Gasteiger charge is -2.39. The monoisotopic (exact) mass is 326 g/mol. The molecule has 22 heavy (non-hydrogen) atoms. The highest BCUT2D eigenvalue weighted by Crippen LogP contribution is 2.29. The van der Waals surface area contributed by atoms with Gasteiger partial charge >= 0.3 is 0 Å². The molecule has 2 atom stereocenters. The van der Waals surface area contributed by atoms with Crippen LogP contribution in [0.5, 0.6) is 5.75 Å². The van der Waals surface area contributed by atoms with Crippen LogP contribution >= 0.6 is 11.6 Å². The number of hydrogen-bond donors (Lipinski definition) is 0. The number of benzene rings is 1. The van der Waals surface area contributed by atoms with Crippen molar-refractivity contribution in [2.75, 3.05) is 6.61 Å². The van der Waals surface area contributed by atoms with Crippen molar-refractivity contribution in [2.24, 2.45) is 0 Å². The van der Waals surface area contributed by atoms with Crippen LogP contribution in [-0.2, 0) is 4.79 Å². The second kappa shape index (κ2) is 6.96. The molecule has 1 aromatic rings. The third kappa shape index (κ3) is 3.68. The number of carbonyl (C=O) groups is 1. The van der Waals surface area contributed by atoms with Gasteiger partial charge in [-0.25, -0.2) is 0 Å². The Hall–Kier alpha value is -1.82. The van der Waals surface area contributed by atoms with Gasteiger partial charge in [-0.05, 0) is 39.2 Å². The summed E-state index contributed by atoms with van der Waals surface area (Å²) in [7, 11) is 0. The Morgan fingerprint density at radius 2 is 2.05 bits per heavy atom. The highest BCUT2D eigenvalue weighted by Gasteiger charge is 2.29. The normalized spacial score (nSPS) is 21.5. The van der Waals surface area contributed by atoms with E-state index in [9.17, 15) is 14.9 Å². The molecule has 1 saturated heterocycles. The van der Waals surface area contributed by atoms with Crippen LogP contribution in [0.25, 0.3) is 0 Å². The van der Waals surface area contributed by atoms with E-state index in [-0.39, 0.29) is 41.1 Å². The fourth-order valence-electron chi connectivity index (χ4n) is 2.85. The van der Waals surface area contributed by atoms with E-state index in [0.717, 1.165) is 19.3 Å². The van der Waals surface area contributed by atoms with Crippen molar-refractivity contribution >= 4 is 23.2 Å². The summed E-state index contributed by atoms with van der Waals surface area (Å²) in [5.74, 6) is 0.187. The Balaban J connectivity index is 2.00. The number of amides is 1. The Morgan fingerprint density at radius 3 is 2.59 bits per heavy atom. The predicted molar refractivity (Wildman–Crippen MR) is 83.2 cm³/mol. The molecule has 1 aromatic carbocycles. The van der Waals surface area contributed by atoms with E-state index in [1.165, 1.54) is 18.2 Å². The lowest BCUT2D eigenvalue weighted by Crippen LogP contribution is -2.49. The van der Waals surface area contributed by atoms with Crippen LogP contribution in [0.3, 0.4) is 0 Å². The zero-order valence-electron chi connectivity index (χ0n) is 12.6. The second-order valence-electron chi connectivity index (χ2n) is 5.59. The largest absolute Gasteiger partial charge is 0.482 e. The fraction of sp³-hybridized carbons (Fsp3) is 0.533. The molecule has 0 N–H and O–H groups in total. The van der Waals surface area contributed by atoms with Crippen LogP contribution in [0.15, 0.2) is 18.2 Å². The summed E-state index contributed by atoms with van der Waals surface area (Å²) in [6.07, 6.45) is 3.11. The molecule has 0 bridgehead atoms. The Kier molecular flexibility index (Phi) is 5.24. The summed E-state index contributed by atoms with van der Waals surface area (Å²) in [4.78, 5) is 24.3. The molecular formula is C15H19ClN2O4. The van der Waals surface area contributed by atoms with Gasteiger partial charge in [0, 0.05) is 24.2 Å². The van der Waals surface area contributed by atoms with Gasteiger partial charge in [0.25, 0.3) is 11.6 Å². The Labute approximate surface area is 134 Å². The smallest absolute Gasteiger partial charge is 0.271 e. The molecular weight excluding hydrogens is 308 g/mol. The van der Waals surface area contributed by atoms with Crippen molar-refractivity contribution in [3.63, 3.8) is 0 Å². The first-order chi connectivity index (χ1) is 10.4. The predicted octanol–water partition coefficient (Wildman–Crippen LogP) is 3.42. The molecule has 2 rings (SSSR count). The minimum Gasteiger partial charge on any atom is -0.482 e. The summed E-state index contributed by atoms with van der Waals surface area (Å²) in [5.41, 5.74) is -0.109. The van der Waals surface area contributed by atoms with Crippen LogP contribution in [0, 0.1) is 10.1 Å². The van der Waals surface area contributed by atoms with Gasteiger partial charge in [0.1, 0.15) is 5.75 Å². The number of carbonyl (C=O) groups excluding carboxylic acids is 1. The van der Waals surface area contributed by atoms with Gasteiger partial charge in [0.2, 0.25) is 0 Å². The summed E-state index contributed by atoms with van der Waals surface area (Å²) in [6.45, 7) is 3.95. The molecule has 0 radical (unpaired) electrons. The number of nitro benzene ring substituents is 1. The third-order valence-electron chi connectivity index (χ3n) is 3.96. The van der Waals surface area contributed by atoms with Crippen LogP contribution < -0.4 is 4.74 Å². The SMILES string of the molecule is C[C@@H]1CCC[C@H](C)N1C(=O)COc1ccc([N+](=O)[O-])cc1Cl. The van der Waals surface area contributed by atoms with Gasteiger partial charge in [-0.2, -0.15) is 0 Å². The van der Waals surface area contributed by atoms with Gasteiger partial charge < -0.3 is 9.64 Å². The van der Waals surface area contributed by atoms with Gasteiger partial charge in [-0.3, -0.25) is 14.9 Å². The molecule has 0 spiro atoms. The maximum atomic E-state index is 12.3. The summed E-state index contributed by atoms with van der Waals surface area (Å²) in [5, 5.41) is 10.8. The number of non-ortho nitro benzene ring substituents is 1. The van der Waals surface area contributed by atoms with Crippen LogP contribution in [0.2, 0.25) is 5.02 Å². The quantitative estimate of drug-likeness (QED) is 0.627. The van der Waals surface area contributed by atoms with Gasteiger partial charge in [0.15, 0.2) is 6.61 Å². The highest BCUT2D eigenvalue weighted by atomic mass is 35.5. The van der Waals surface area contributed by atoms with Crippen molar-refractivity contribution in [1.82, 2.24) is 4.90 Å². The average Bonchev–Trinajstić information content (AvgIpc) is 2.45. The molecule has 120 valence electrons. The number of piperidine rings is 1. The van der Waals surface area contributed by atoms with Crippen molar-refractivity contribution in [2.45, 2.75) is 45.2 Å². The number of hydrogen-bond acceptors (Lipinski definition) is 4. The van der Waals surface area contributed by atoms with E-state index >= 15 is 0 Å². The Bertz CT molecular complexity index is 569. The van der Waals surface area contributed by atoms with E-state index < -0.39 is 4.92 Å². The van der Waals surface area contributed by atoms with Crippen molar-refractivity contribution in [3.8, 4) is 5.75 Å².